The van der Waals surface area contributed by atoms with Gasteiger partial charge in [0.2, 0.25) is 0 Å². The first kappa shape index (κ1) is 6.95. The number of sulfone groups is 1. The first-order valence-electron chi connectivity index (χ1n) is 2.14. The van der Waals surface area contributed by atoms with Gasteiger partial charge in [0.25, 0.3) is 0 Å². The maximum atomic E-state index is 10.3. The van der Waals surface area contributed by atoms with Crippen molar-refractivity contribution in [2.24, 2.45) is 0 Å². The second-order valence-corrected chi connectivity index (χ2v) is 3.56. The van der Waals surface area contributed by atoms with E-state index in [9.17, 15) is 8.42 Å². The van der Waals surface area contributed by atoms with Gasteiger partial charge in [0.15, 0.2) is 9.84 Å². The third-order valence-electron chi connectivity index (χ3n) is 0.761. The van der Waals surface area contributed by atoms with E-state index in [4.69, 9.17) is 0 Å². The van der Waals surface area contributed by atoms with E-state index in [1.807, 2.05) is 0 Å². The molecule has 0 heterocycles. The average Bonchev–Trinajstić information content (AvgIpc) is 1.68. The van der Waals surface area contributed by atoms with E-state index >= 15 is 0 Å². The van der Waals surface area contributed by atoms with Gasteiger partial charge < -0.3 is 0 Å². The molecule has 0 unspecified atom stereocenters. The first-order valence-corrected chi connectivity index (χ1v) is 3.86. The molecule has 0 N–H and O–H groups in total. The molecule has 0 saturated carbocycles. The molecule has 0 aliphatic rings. The standard InChI is InChI=1S/C4H9O2S/c1-3-7(5,6)4-2/h3H,4H2,1-2H3. The SMILES string of the molecule is C[CH]S(=O)(=O)CC. The third kappa shape index (κ3) is 2.62. The summed E-state index contributed by atoms with van der Waals surface area (Å²) in [5.74, 6) is 1.43. The van der Waals surface area contributed by atoms with Crippen LogP contribution < -0.4 is 0 Å². The summed E-state index contributed by atoms with van der Waals surface area (Å²) in [4.78, 5) is 0. The summed E-state index contributed by atoms with van der Waals surface area (Å²) in [5, 5.41) is 0. The van der Waals surface area contributed by atoms with Gasteiger partial charge >= 0.3 is 0 Å². The predicted molar refractivity (Wildman–Crippen MR) is 29.4 cm³/mol. The monoisotopic (exact) mass is 121 g/mol. The van der Waals surface area contributed by atoms with Gasteiger partial charge in [-0.25, -0.2) is 8.42 Å². The Labute approximate surface area is 44.5 Å². The zero-order chi connectivity index (χ0) is 5.91. The largest absolute Gasteiger partial charge is 0.229 e. The summed E-state index contributed by atoms with van der Waals surface area (Å²) in [6.45, 7) is 3.15. The minimum atomic E-state index is -2.78. The van der Waals surface area contributed by atoms with E-state index < -0.39 is 9.84 Å². The number of hydrogen-bond donors (Lipinski definition) is 0. The molecule has 0 aromatic heterocycles. The summed E-state index contributed by atoms with van der Waals surface area (Å²) < 4.78 is 20.6. The molecule has 0 rings (SSSR count). The molecule has 0 spiro atoms. The molecule has 0 atom stereocenters. The van der Waals surface area contributed by atoms with Crippen LogP contribution in [0.4, 0.5) is 0 Å². The van der Waals surface area contributed by atoms with Gasteiger partial charge in [-0.3, -0.25) is 0 Å². The fraction of sp³-hybridized carbons (Fsp3) is 0.750. The summed E-state index contributed by atoms with van der Waals surface area (Å²) in [6, 6.07) is 0. The van der Waals surface area contributed by atoms with E-state index in [0.717, 1.165) is 0 Å². The minimum Gasteiger partial charge on any atom is -0.229 e. The van der Waals surface area contributed by atoms with Crippen LogP contribution >= 0.6 is 0 Å². The molecular formula is C4H9O2S. The molecular weight excluding hydrogens is 112 g/mol. The molecule has 0 fully saturated rings. The molecule has 0 aliphatic carbocycles. The van der Waals surface area contributed by atoms with Crippen LogP contribution in [0.3, 0.4) is 0 Å². The Balaban J connectivity index is 3.89. The topological polar surface area (TPSA) is 34.1 Å². The lowest BCUT2D eigenvalue weighted by Gasteiger charge is -1.88. The van der Waals surface area contributed by atoms with E-state index in [2.05, 4.69) is 0 Å². The molecule has 7 heavy (non-hydrogen) atoms. The number of hydrogen-bond acceptors (Lipinski definition) is 2. The van der Waals surface area contributed by atoms with E-state index in [-0.39, 0.29) is 5.75 Å². The number of rotatable bonds is 2. The smallest absolute Gasteiger partial charge is 0.153 e. The van der Waals surface area contributed by atoms with Crippen LogP contribution in [0.5, 0.6) is 0 Å². The highest BCUT2D eigenvalue weighted by Crippen LogP contribution is 1.90. The Morgan fingerprint density at radius 2 is 2.00 bits per heavy atom. The molecule has 0 amide bonds. The lowest BCUT2D eigenvalue weighted by Crippen LogP contribution is -1.99. The fourth-order valence-corrected chi connectivity index (χ4v) is 0.500. The van der Waals surface area contributed by atoms with Crippen LogP contribution in [0.15, 0.2) is 0 Å². The van der Waals surface area contributed by atoms with Crippen molar-refractivity contribution in [3.8, 4) is 0 Å². The van der Waals surface area contributed by atoms with Crippen molar-refractivity contribution >= 4 is 9.84 Å². The maximum absolute atomic E-state index is 10.3. The highest BCUT2D eigenvalue weighted by atomic mass is 32.2. The molecule has 0 aromatic carbocycles. The Bertz CT molecular complexity index is 113. The van der Waals surface area contributed by atoms with Gasteiger partial charge in [-0.05, 0) is 6.92 Å². The molecule has 0 aromatic rings. The summed E-state index contributed by atoms with van der Waals surface area (Å²) in [6.07, 6.45) is 0. The minimum absolute atomic E-state index is 0.212. The lowest BCUT2D eigenvalue weighted by atomic mass is 11.0. The summed E-state index contributed by atoms with van der Waals surface area (Å²) >= 11 is 0. The van der Waals surface area contributed by atoms with Gasteiger partial charge in [-0.15, -0.1) is 0 Å². The van der Waals surface area contributed by atoms with Crippen LogP contribution in [-0.2, 0) is 9.84 Å². The van der Waals surface area contributed by atoms with E-state index in [1.165, 1.54) is 12.7 Å². The lowest BCUT2D eigenvalue weighted by molar-refractivity contribution is 0.602. The molecule has 1 radical (unpaired) electrons. The van der Waals surface area contributed by atoms with Gasteiger partial charge in [0.1, 0.15) is 0 Å². The average molecular weight is 121 g/mol. The predicted octanol–water partition coefficient (Wildman–Crippen LogP) is 0.603. The van der Waals surface area contributed by atoms with Gasteiger partial charge in [0, 0.05) is 5.75 Å². The maximum Gasteiger partial charge on any atom is 0.153 e. The Hall–Kier alpha value is -0.0500. The van der Waals surface area contributed by atoms with Crippen LogP contribution in [-0.4, -0.2) is 14.2 Å². The second kappa shape index (κ2) is 2.31. The summed E-state index contributed by atoms with van der Waals surface area (Å²) in [5.41, 5.74) is 0. The normalized spacial score (nSPS) is 11.7. The van der Waals surface area contributed by atoms with Crippen molar-refractivity contribution in [3.05, 3.63) is 5.75 Å². The zero-order valence-electron chi connectivity index (χ0n) is 4.51. The van der Waals surface area contributed by atoms with Crippen LogP contribution in [0.2, 0.25) is 0 Å². The third-order valence-corrected chi connectivity index (χ3v) is 2.28. The molecule has 0 aliphatic heterocycles. The quantitative estimate of drug-likeness (QED) is 0.536. The van der Waals surface area contributed by atoms with Crippen molar-refractivity contribution in [1.29, 1.82) is 0 Å². The van der Waals surface area contributed by atoms with E-state index in [1.54, 1.807) is 6.92 Å². The molecule has 43 valence electrons. The van der Waals surface area contributed by atoms with Crippen molar-refractivity contribution in [2.75, 3.05) is 5.75 Å². The zero-order valence-corrected chi connectivity index (χ0v) is 5.33. The van der Waals surface area contributed by atoms with Gasteiger partial charge in [-0.1, -0.05) is 6.92 Å². The van der Waals surface area contributed by atoms with Crippen LogP contribution in [0.1, 0.15) is 13.8 Å². The van der Waals surface area contributed by atoms with Gasteiger partial charge in [-0.2, -0.15) is 0 Å². The Kier molecular flexibility index (Phi) is 2.29. The van der Waals surface area contributed by atoms with Crippen molar-refractivity contribution in [2.45, 2.75) is 13.8 Å². The molecule has 2 nitrogen and oxygen atoms in total. The molecule has 0 bridgehead atoms. The summed E-state index contributed by atoms with van der Waals surface area (Å²) in [7, 11) is -2.78. The van der Waals surface area contributed by atoms with Crippen molar-refractivity contribution in [3.63, 3.8) is 0 Å². The highest BCUT2D eigenvalue weighted by molar-refractivity contribution is 7.93. The first-order chi connectivity index (χ1) is 3.12. The molecule has 3 heteroatoms. The Morgan fingerprint density at radius 3 is 2.00 bits per heavy atom. The van der Waals surface area contributed by atoms with Gasteiger partial charge in [0.05, 0.1) is 5.75 Å². The van der Waals surface area contributed by atoms with Crippen molar-refractivity contribution < 1.29 is 8.42 Å². The van der Waals surface area contributed by atoms with Crippen LogP contribution in [0.25, 0.3) is 0 Å². The van der Waals surface area contributed by atoms with Crippen LogP contribution in [0, 0.1) is 5.75 Å². The second-order valence-electron chi connectivity index (χ2n) is 1.19. The fourth-order valence-electron chi connectivity index (χ4n) is 0.167. The van der Waals surface area contributed by atoms with Crippen molar-refractivity contribution in [1.82, 2.24) is 0 Å². The Morgan fingerprint density at radius 1 is 1.57 bits per heavy atom. The highest BCUT2D eigenvalue weighted by Gasteiger charge is 1.99. The van der Waals surface area contributed by atoms with E-state index in [0.29, 0.717) is 0 Å². The molecule has 0 saturated heterocycles.